The first-order chi connectivity index (χ1) is 8.66. The monoisotopic (exact) mass is 273 g/mol. The molecule has 0 bridgehead atoms. The van der Waals surface area contributed by atoms with E-state index in [1.165, 1.54) is 6.92 Å². The Labute approximate surface area is 112 Å². The highest BCUT2D eigenvalue weighted by molar-refractivity contribution is 5.87. The van der Waals surface area contributed by atoms with Gasteiger partial charge in [-0.3, -0.25) is 14.4 Å². The molecule has 19 heavy (non-hydrogen) atoms. The zero-order valence-corrected chi connectivity index (χ0v) is 11.8. The van der Waals surface area contributed by atoms with Gasteiger partial charge in [-0.25, -0.2) is 0 Å². The molecule has 0 aromatic carbocycles. The Morgan fingerprint density at radius 1 is 1.16 bits per heavy atom. The van der Waals surface area contributed by atoms with Gasteiger partial charge in [0.1, 0.15) is 0 Å². The lowest BCUT2D eigenvalue weighted by Gasteiger charge is -2.19. The average Bonchev–Trinajstić information content (AvgIpc) is 2.33. The van der Waals surface area contributed by atoms with Crippen molar-refractivity contribution in [2.75, 3.05) is 6.54 Å². The summed E-state index contributed by atoms with van der Waals surface area (Å²) in [6.45, 7) is 6.50. The molecule has 0 aromatic rings. The van der Waals surface area contributed by atoms with Crippen molar-refractivity contribution in [3.63, 3.8) is 0 Å². The number of carbonyl (C=O) groups excluding carboxylic acids is 2. The van der Waals surface area contributed by atoms with E-state index >= 15 is 0 Å². The molecule has 0 aromatic heterocycles. The normalized spacial score (nSPS) is 15.5. The van der Waals surface area contributed by atoms with Gasteiger partial charge in [0.2, 0.25) is 11.8 Å². The largest absolute Gasteiger partial charge is 0.481 e. The number of carboxylic acid groups (broad SMARTS) is 1. The fourth-order valence-electron chi connectivity index (χ4n) is 1.23. The fraction of sp³-hybridized carbons (Fsp3) is 0.750. The van der Waals surface area contributed by atoms with Crippen molar-refractivity contribution in [2.45, 2.75) is 39.8 Å². The molecule has 110 valence electrons. The lowest BCUT2D eigenvalue weighted by molar-refractivity contribution is -0.142. The van der Waals surface area contributed by atoms with Crippen LogP contribution in [-0.4, -0.2) is 41.5 Å². The van der Waals surface area contributed by atoms with Gasteiger partial charge in [0.05, 0.1) is 18.5 Å². The summed E-state index contributed by atoms with van der Waals surface area (Å²) in [6.07, 6.45) is 0. The third-order valence-electron chi connectivity index (χ3n) is 2.97. The van der Waals surface area contributed by atoms with Gasteiger partial charge in [0.25, 0.3) is 0 Å². The molecule has 0 fully saturated rings. The molecule has 7 nitrogen and oxygen atoms in total. The predicted molar refractivity (Wildman–Crippen MR) is 70.2 cm³/mol. The van der Waals surface area contributed by atoms with Gasteiger partial charge in [-0.05, 0) is 19.8 Å². The smallest absolute Gasteiger partial charge is 0.308 e. The number of nitrogens with one attached hydrogen (secondary N) is 2. The summed E-state index contributed by atoms with van der Waals surface area (Å²) >= 11 is 0. The van der Waals surface area contributed by atoms with Crippen LogP contribution in [0.25, 0.3) is 0 Å². The van der Waals surface area contributed by atoms with Crippen LogP contribution >= 0.6 is 0 Å². The van der Waals surface area contributed by atoms with Crippen molar-refractivity contribution in [1.82, 2.24) is 10.6 Å². The Bertz CT molecular complexity index is 344. The van der Waals surface area contributed by atoms with E-state index in [9.17, 15) is 14.4 Å². The van der Waals surface area contributed by atoms with Crippen LogP contribution in [0.2, 0.25) is 0 Å². The number of nitrogens with two attached hydrogens (primary N) is 1. The van der Waals surface area contributed by atoms with Crippen LogP contribution in [0, 0.1) is 11.8 Å². The highest BCUT2D eigenvalue weighted by atomic mass is 16.4. The molecule has 0 aliphatic rings. The second-order valence-electron chi connectivity index (χ2n) is 4.97. The van der Waals surface area contributed by atoms with Crippen LogP contribution in [-0.2, 0) is 14.4 Å². The number of aliphatic carboxylic acids is 1. The average molecular weight is 273 g/mol. The highest BCUT2D eigenvalue weighted by Crippen LogP contribution is 2.02. The summed E-state index contributed by atoms with van der Waals surface area (Å²) in [5, 5.41) is 13.7. The Kier molecular flexibility index (Phi) is 7.06. The molecular weight excluding hydrogens is 250 g/mol. The summed E-state index contributed by atoms with van der Waals surface area (Å²) in [5.41, 5.74) is 5.61. The van der Waals surface area contributed by atoms with Crippen LogP contribution in [0.5, 0.6) is 0 Å². The van der Waals surface area contributed by atoms with Crippen molar-refractivity contribution in [3.05, 3.63) is 0 Å². The van der Waals surface area contributed by atoms with Gasteiger partial charge < -0.3 is 21.5 Å². The lowest BCUT2D eigenvalue weighted by atomic mass is 10.0. The summed E-state index contributed by atoms with van der Waals surface area (Å²) in [7, 11) is 0. The maximum absolute atomic E-state index is 11.5. The predicted octanol–water partition coefficient (Wildman–Crippen LogP) is -0.689. The molecule has 3 atom stereocenters. The van der Waals surface area contributed by atoms with Crippen LogP contribution in [0.1, 0.15) is 27.7 Å². The first kappa shape index (κ1) is 17.4. The molecule has 0 spiro atoms. The first-order valence-electron chi connectivity index (χ1n) is 6.22. The lowest BCUT2D eigenvalue weighted by Crippen LogP contribution is -2.49. The number of hydrogen-bond acceptors (Lipinski definition) is 4. The first-order valence-corrected chi connectivity index (χ1v) is 6.22. The van der Waals surface area contributed by atoms with E-state index in [-0.39, 0.29) is 12.5 Å². The number of hydrogen-bond donors (Lipinski definition) is 4. The van der Waals surface area contributed by atoms with Crippen LogP contribution in [0.15, 0.2) is 0 Å². The van der Waals surface area contributed by atoms with E-state index in [1.807, 2.05) is 0 Å². The Morgan fingerprint density at radius 2 is 1.68 bits per heavy atom. The topological polar surface area (TPSA) is 122 Å². The highest BCUT2D eigenvalue weighted by Gasteiger charge is 2.22. The second kappa shape index (κ2) is 7.73. The molecule has 5 N–H and O–H groups in total. The SMILES string of the molecule is CC(NC(=O)CNC(=O)[C@@H](N)C(C)C)C(C)C(=O)O. The van der Waals surface area contributed by atoms with Crippen molar-refractivity contribution in [3.8, 4) is 0 Å². The van der Waals surface area contributed by atoms with E-state index in [4.69, 9.17) is 10.8 Å². The zero-order chi connectivity index (χ0) is 15.2. The van der Waals surface area contributed by atoms with E-state index in [0.29, 0.717) is 0 Å². The van der Waals surface area contributed by atoms with Crippen molar-refractivity contribution >= 4 is 17.8 Å². The summed E-state index contributed by atoms with van der Waals surface area (Å²) in [5.74, 6) is -2.54. The van der Waals surface area contributed by atoms with Gasteiger partial charge in [0.15, 0.2) is 0 Å². The van der Waals surface area contributed by atoms with Crippen LogP contribution < -0.4 is 16.4 Å². The van der Waals surface area contributed by atoms with Gasteiger partial charge in [0, 0.05) is 6.04 Å². The van der Waals surface area contributed by atoms with Crippen LogP contribution in [0.3, 0.4) is 0 Å². The molecule has 2 unspecified atom stereocenters. The molecular formula is C12H23N3O4. The Hall–Kier alpha value is -1.63. The zero-order valence-electron chi connectivity index (χ0n) is 11.8. The minimum atomic E-state index is -0.987. The standard InChI is InChI=1S/C12H23N3O4/c1-6(2)10(13)11(17)14-5-9(16)15-8(4)7(3)12(18)19/h6-8,10H,5,13H2,1-4H3,(H,14,17)(H,15,16)(H,18,19)/t7?,8?,10-/m0/s1. The van der Waals surface area contributed by atoms with Gasteiger partial charge >= 0.3 is 5.97 Å². The summed E-state index contributed by atoms with van der Waals surface area (Å²) in [6, 6.07) is -1.18. The molecule has 0 rings (SSSR count). The van der Waals surface area contributed by atoms with Crippen molar-refractivity contribution in [2.24, 2.45) is 17.6 Å². The third-order valence-corrected chi connectivity index (χ3v) is 2.97. The Morgan fingerprint density at radius 3 is 2.11 bits per heavy atom. The molecule has 0 saturated carbocycles. The minimum absolute atomic E-state index is 0.0194. The Balaban J connectivity index is 4.13. The maximum Gasteiger partial charge on any atom is 0.308 e. The molecule has 0 aliphatic heterocycles. The fourth-order valence-corrected chi connectivity index (χ4v) is 1.23. The van der Waals surface area contributed by atoms with Gasteiger partial charge in [-0.15, -0.1) is 0 Å². The van der Waals surface area contributed by atoms with Crippen molar-refractivity contribution in [1.29, 1.82) is 0 Å². The van der Waals surface area contributed by atoms with E-state index in [0.717, 1.165) is 0 Å². The molecule has 0 saturated heterocycles. The second-order valence-corrected chi connectivity index (χ2v) is 4.97. The minimum Gasteiger partial charge on any atom is -0.481 e. The van der Waals surface area contributed by atoms with E-state index in [2.05, 4.69) is 10.6 Å². The van der Waals surface area contributed by atoms with Crippen LogP contribution in [0.4, 0.5) is 0 Å². The van der Waals surface area contributed by atoms with Crippen molar-refractivity contribution < 1.29 is 19.5 Å². The maximum atomic E-state index is 11.5. The molecule has 0 aliphatic carbocycles. The van der Waals surface area contributed by atoms with Gasteiger partial charge in [-0.2, -0.15) is 0 Å². The molecule has 7 heteroatoms. The summed E-state index contributed by atoms with van der Waals surface area (Å²) < 4.78 is 0. The number of carboxylic acids is 1. The number of rotatable bonds is 7. The number of amides is 2. The van der Waals surface area contributed by atoms with Gasteiger partial charge in [-0.1, -0.05) is 13.8 Å². The molecule has 0 radical (unpaired) electrons. The summed E-state index contributed by atoms with van der Waals surface area (Å²) in [4.78, 5) is 33.7. The number of carbonyl (C=O) groups is 3. The molecule has 2 amide bonds. The quantitative estimate of drug-likeness (QED) is 0.489. The third kappa shape index (κ3) is 6.19. The van der Waals surface area contributed by atoms with E-state index < -0.39 is 35.8 Å². The molecule has 0 heterocycles. The van der Waals surface area contributed by atoms with E-state index in [1.54, 1.807) is 20.8 Å².